The van der Waals surface area contributed by atoms with Crippen molar-refractivity contribution in [3.05, 3.63) is 29.8 Å². The van der Waals surface area contributed by atoms with E-state index in [1.165, 1.54) is 19.3 Å². The van der Waals surface area contributed by atoms with Gasteiger partial charge in [0.15, 0.2) is 0 Å². The lowest BCUT2D eigenvalue weighted by Gasteiger charge is -2.30. The smallest absolute Gasteiger partial charge is 0.461 e. The van der Waals surface area contributed by atoms with Crippen molar-refractivity contribution >= 4 is 18.6 Å². The van der Waals surface area contributed by atoms with E-state index < -0.39 is 7.12 Å². The summed E-state index contributed by atoms with van der Waals surface area (Å²) in [6.45, 7) is 0.515. The minimum Gasteiger partial charge on any atom is -0.461 e. The van der Waals surface area contributed by atoms with Gasteiger partial charge in [0.25, 0.3) is 0 Å². The molecule has 0 saturated heterocycles. The van der Waals surface area contributed by atoms with Crippen molar-refractivity contribution in [2.24, 2.45) is 5.92 Å². The normalized spacial score (nSPS) is 20.1. The average Bonchev–Trinajstić information content (AvgIpc) is 3.16. The Bertz CT molecular complexity index is 583. The maximum atomic E-state index is 12.8. The zero-order valence-electron chi connectivity index (χ0n) is 15.4. The number of ether oxygens (including phenoxy) is 1. The molecule has 5 nitrogen and oxygen atoms in total. The van der Waals surface area contributed by atoms with Gasteiger partial charge in [-0.1, -0.05) is 43.5 Å². The minimum absolute atomic E-state index is 0.0863. The first-order valence-electron chi connectivity index (χ1n) is 10.0. The van der Waals surface area contributed by atoms with E-state index in [-0.39, 0.29) is 18.1 Å². The standard InChI is InChI=1S/C20H30BNO4/c23-20(26-18-11-4-5-12-18)19(16-8-2-1-3-9-16)22-14-15-7-6-10-17(13-15)21(24)25/h6-7,10,13,16,18-19,22,24-25H,1-5,8-9,11-12,14H2/t19-/m0/s1. The number of rotatable bonds is 7. The maximum Gasteiger partial charge on any atom is 0.488 e. The number of esters is 1. The van der Waals surface area contributed by atoms with Gasteiger partial charge in [0.1, 0.15) is 12.1 Å². The highest BCUT2D eigenvalue weighted by Crippen LogP contribution is 2.29. The summed E-state index contributed by atoms with van der Waals surface area (Å²) < 4.78 is 5.80. The fraction of sp³-hybridized carbons (Fsp3) is 0.650. The summed E-state index contributed by atoms with van der Waals surface area (Å²) in [4.78, 5) is 12.8. The second-order valence-corrected chi connectivity index (χ2v) is 7.72. The summed E-state index contributed by atoms with van der Waals surface area (Å²) in [6.07, 6.45) is 10.1. The SMILES string of the molecule is O=C(OC1CCCC1)[C@@H](NCc1cccc(B(O)O)c1)C1CCCCC1. The largest absolute Gasteiger partial charge is 0.488 e. The van der Waals surface area contributed by atoms with Crippen molar-refractivity contribution in [3.63, 3.8) is 0 Å². The van der Waals surface area contributed by atoms with Crippen LogP contribution in [-0.2, 0) is 16.1 Å². The van der Waals surface area contributed by atoms with Gasteiger partial charge in [0.2, 0.25) is 0 Å². The molecular weight excluding hydrogens is 329 g/mol. The molecule has 2 fully saturated rings. The monoisotopic (exact) mass is 359 g/mol. The molecule has 0 aromatic heterocycles. The summed E-state index contributed by atoms with van der Waals surface area (Å²) in [7, 11) is -1.48. The fourth-order valence-electron chi connectivity index (χ4n) is 4.25. The Balaban J connectivity index is 1.64. The molecule has 0 heterocycles. The van der Waals surface area contributed by atoms with Gasteiger partial charge in [0, 0.05) is 6.54 Å². The van der Waals surface area contributed by atoms with Crippen LogP contribution in [-0.4, -0.2) is 35.3 Å². The molecule has 2 saturated carbocycles. The van der Waals surface area contributed by atoms with Gasteiger partial charge < -0.3 is 20.1 Å². The lowest BCUT2D eigenvalue weighted by Crippen LogP contribution is -2.45. The summed E-state index contributed by atoms with van der Waals surface area (Å²) >= 11 is 0. The molecule has 3 N–H and O–H groups in total. The van der Waals surface area contributed by atoms with Crippen LogP contribution in [0.4, 0.5) is 0 Å². The summed E-state index contributed by atoms with van der Waals surface area (Å²) in [5.74, 6) is 0.214. The summed E-state index contributed by atoms with van der Waals surface area (Å²) in [6, 6.07) is 6.90. The van der Waals surface area contributed by atoms with Gasteiger partial charge in [-0.25, -0.2) is 0 Å². The van der Waals surface area contributed by atoms with Crippen molar-refractivity contribution in [1.29, 1.82) is 0 Å². The molecule has 3 rings (SSSR count). The Kier molecular flexibility index (Phi) is 7.11. The van der Waals surface area contributed by atoms with E-state index in [0.717, 1.165) is 44.1 Å². The van der Waals surface area contributed by atoms with E-state index >= 15 is 0 Å². The Labute approximate surface area is 156 Å². The molecule has 0 spiro atoms. The van der Waals surface area contributed by atoms with Crippen LogP contribution in [0.3, 0.4) is 0 Å². The molecule has 0 radical (unpaired) electrons. The van der Waals surface area contributed by atoms with Gasteiger partial charge in [0.05, 0.1) is 0 Å². The molecule has 0 unspecified atom stereocenters. The first kappa shape index (κ1) is 19.4. The number of carbonyl (C=O) groups excluding carboxylic acids is 1. The second kappa shape index (κ2) is 9.54. The average molecular weight is 359 g/mol. The topological polar surface area (TPSA) is 78.8 Å². The first-order chi connectivity index (χ1) is 12.6. The minimum atomic E-state index is -1.48. The van der Waals surface area contributed by atoms with Crippen molar-refractivity contribution in [2.75, 3.05) is 0 Å². The zero-order valence-corrected chi connectivity index (χ0v) is 15.4. The molecule has 6 heteroatoms. The fourth-order valence-corrected chi connectivity index (χ4v) is 4.25. The number of hydrogen-bond donors (Lipinski definition) is 3. The van der Waals surface area contributed by atoms with Crippen LogP contribution in [0.25, 0.3) is 0 Å². The van der Waals surface area contributed by atoms with E-state index in [0.29, 0.717) is 17.9 Å². The van der Waals surface area contributed by atoms with E-state index in [1.54, 1.807) is 18.2 Å². The molecule has 142 valence electrons. The highest BCUT2D eigenvalue weighted by molar-refractivity contribution is 6.58. The lowest BCUT2D eigenvalue weighted by atomic mass is 9.79. The maximum absolute atomic E-state index is 12.8. The molecule has 1 aromatic carbocycles. The van der Waals surface area contributed by atoms with Crippen LogP contribution in [0.2, 0.25) is 0 Å². The van der Waals surface area contributed by atoms with E-state index in [9.17, 15) is 14.8 Å². The molecule has 2 aliphatic rings. The number of nitrogens with one attached hydrogen (secondary N) is 1. The van der Waals surface area contributed by atoms with Gasteiger partial charge in [-0.05, 0) is 55.5 Å². The van der Waals surface area contributed by atoms with Gasteiger partial charge in [-0.2, -0.15) is 0 Å². The van der Waals surface area contributed by atoms with Crippen molar-refractivity contribution in [1.82, 2.24) is 5.32 Å². The number of hydrogen-bond acceptors (Lipinski definition) is 5. The van der Waals surface area contributed by atoms with Crippen LogP contribution in [0.5, 0.6) is 0 Å². The molecule has 2 aliphatic carbocycles. The molecule has 26 heavy (non-hydrogen) atoms. The third-order valence-electron chi connectivity index (χ3n) is 5.74. The van der Waals surface area contributed by atoms with Crippen LogP contribution < -0.4 is 10.8 Å². The number of benzene rings is 1. The third kappa shape index (κ3) is 5.32. The highest BCUT2D eigenvalue weighted by atomic mass is 16.5. The van der Waals surface area contributed by atoms with E-state index in [2.05, 4.69) is 5.32 Å². The second-order valence-electron chi connectivity index (χ2n) is 7.72. The van der Waals surface area contributed by atoms with Crippen molar-refractivity contribution in [2.45, 2.75) is 76.5 Å². The van der Waals surface area contributed by atoms with Crippen molar-refractivity contribution in [3.8, 4) is 0 Å². The molecule has 0 aliphatic heterocycles. The molecule has 0 bridgehead atoms. The van der Waals surface area contributed by atoms with Crippen LogP contribution in [0.15, 0.2) is 24.3 Å². The van der Waals surface area contributed by atoms with Crippen LogP contribution >= 0.6 is 0 Å². The highest BCUT2D eigenvalue weighted by Gasteiger charge is 2.32. The summed E-state index contributed by atoms with van der Waals surface area (Å²) in [5, 5.41) is 22.1. The molecular formula is C20H30BNO4. The Morgan fingerprint density at radius 3 is 2.50 bits per heavy atom. The first-order valence-corrected chi connectivity index (χ1v) is 10.0. The van der Waals surface area contributed by atoms with Crippen LogP contribution in [0, 0.1) is 5.92 Å². The predicted octanol–water partition coefficient (Wildman–Crippen LogP) is 1.89. The molecule has 1 atom stereocenters. The molecule has 0 amide bonds. The van der Waals surface area contributed by atoms with Crippen LogP contribution in [0.1, 0.15) is 63.4 Å². The Morgan fingerprint density at radius 1 is 1.12 bits per heavy atom. The summed E-state index contributed by atoms with van der Waals surface area (Å²) in [5.41, 5.74) is 1.40. The number of carbonyl (C=O) groups is 1. The molecule has 1 aromatic rings. The Hall–Kier alpha value is -1.37. The Morgan fingerprint density at radius 2 is 1.81 bits per heavy atom. The van der Waals surface area contributed by atoms with Gasteiger partial charge in [-0.15, -0.1) is 0 Å². The van der Waals surface area contributed by atoms with Crippen molar-refractivity contribution < 1.29 is 19.6 Å². The third-order valence-corrected chi connectivity index (χ3v) is 5.74. The quantitative estimate of drug-likeness (QED) is 0.512. The zero-order chi connectivity index (χ0) is 18.4. The van der Waals surface area contributed by atoms with E-state index in [4.69, 9.17) is 4.74 Å². The van der Waals surface area contributed by atoms with Gasteiger partial charge in [-0.3, -0.25) is 4.79 Å². The van der Waals surface area contributed by atoms with Gasteiger partial charge >= 0.3 is 13.1 Å². The predicted molar refractivity (Wildman–Crippen MR) is 102 cm³/mol. The van der Waals surface area contributed by atoms with E-state index in [1.807, 2.05) is 6.07 Å². The lowest BCUT2D eigenvalue weighted by molar-refractivity contribution is -0.153.